The molecule has 0 atom stereocenters. The van der Waals surface area contributed by atoms with Crippen LogP contribution in [0.25, 0.3) is 10.9 Å². The van der Waals surface area contributed by atoms with Gasteiger partial charge in [0.2, 0.25) is 0 Å². The van der Waals surface area contributed by atoms with Gasteiger partial charge in [-0.25, -0.2) is 4.98 Å². The lowest BCUT2D eigenvalue weighted by Crippen LogP contribution is -2.25. The Morgan fingerprint density at radius 2 is 1.87 bits per heavy atom. The summed E-state index contributed by atoms with van der Waals surface area (Å²) in [5, 5.41) is 4.62. The van der Waals surface area contributed by atoms with Crippen LogP contribution in [-0.2, 0) is 0 Å². The molecule has 0 radical (unpaired) electrons. The fourth-order valence-corrected chi connectivity index (χ4v) is 4.87. The second-order valence-corrected chi connectivity index (χ2v) is 9.37. The normalized spacial score (nSPS) is 16.1. The van der Waals surface area contributed by atoms with Crippen LogP contribution in [-0.4, -0.2) is 33.0 Å². The van der Waals surface area contributed by atoms with E-state index in [1.807, 2.05) is 43.3 Å². The number of benzene rings is 1. The van der Waals surface area contributed by atoms with Crippen molar-refractivity contribution in [2.45, 2.75) is 56.6 Å². The van der Waals surface area contributed by atoms with Gasteiger partial charge in [-0.1, -0.05) is 30.0 Å². The van der Waals surface area contributed by atoms with Crippen LogP contribution in [0.5, 0.6) is 0 Å². The SMILES string of the molecule is Cc1cc(C(=O)CSc2cc(C(=O)NC3CC3)c3ccccc3n2)c(C)n1C1CC1. The van der Waals surface area contributed by atoms with Crippen molar-refractivity contribution in [3.8, 4) is 0 Å². The third-order valence-corrected chi connectivity index (χ3v) is 6.81. The number of amides is 1. The van der Waals surface area contributed by atoms with Crippen molar-refractivity contribution < 1.29 is 9.59 Å². The highest BCUT2D eigenvalue weighted by Crippen LogP contribution is 2.38. The molecule has 154 valence electrons. The summed E-state index contributed by atoms with van der Waals surface area (Å²) in [5.74, 6) is 0.362. The second-order valence-electron chi connectivity index (χ2n) is 8.37. The van der Waals surface area contributed by atoms with Gasteiger partial charge in [0, 0.05) is 34.4 Å². The maximum atomic E-state index is 12.9. The minimum atomic E-state index is -0.0581. The molecule has 0 spiro atoms. The minimum absolute atomic E-state index is 0.0581. The molecule has 0 saturated heterocycles. The lowest BCUT2D eigenvalue weighted by molar-refractivity contribution is 0.0951. The fourth-order valence-electron chi connectivity index (χ4n) is 4.07. The number of para-hydroxylation sites is 1. The van der Waals surface area contributed by atoms with Gasteiger partial charge in [-0.15, -0.1) is 0 Å². The Morgan fingerprint density at radius 1 is 1.10 bits per heavy atom. The lowest BCUT2D eigenvalue weighted by atomic mass is 10.1. The van der Waals surface area contributed by atoms with Crippen LogP contribution in [0.2, 0.25) is 0 Å². The summed E-state index contributed by atoms with van der Waals surface area (Å²) in [7, 11) is 0. The van der Waals surface area contributed by atoms with E-state index in [9.17, 15) is 9.59 Å². The molecule has 2 saturated carbocycles. The van der Waals surface area contributed by atoms with Gasteiger partial charge >= 0.3 is 0 Å². The van der Waals surface area contributed by atoms with E-state index < -0.39 is 0 Å². The van der Waals surface area contributed by atoms with Crippen molar-refractivity contribution in [2.24, 2.45) is 0 Å². The smallest absolute Gasteiger partial charge is 0.252 e. The zero-order valence-electron chi connectivity index (χ0n) is 17.3. The van der Waals surface area contributed by atoms with E-state index in [4.69, 9.17) is 0 Å². The predicted octanol–water partition coefficient (Wildman–Crippen LogP) is 4.86. The van der Waals surface area contributed by atoms with Crippen LogP contribution in [0.15, 0.2) is 41.4 Å². The zero-order valence-corrected chi connectivity index (χ0v) is 18.1. The molecule has 1 aromatic carbocycles. The quantitative estimate of drug-likeness (QED) is 0.439. The molecule has 2 aliphatic carbocycles. The number of carbonyl (C=O) groups excluding carboxylic acids is 2. The molecule has 2 fully saturated rings. The van der Waals surface area contributed by atoms with Gasteiger partial charge < -0.3 is 9.88 Å². The number of aryl methyl sites for hydroxylation is 1. The Balaban J connectivity index is 1.38. The van der Waals surface area contributed by atoms with E-state index in [2.05, 4.69) is 21.8 Å². The van der Waals surface area contributed by atoms with Crippen LogP contribution >= 0.6 is 11.8 Å². The van der Waals surface area contributed by atoms with Crippen molar-refractivity contribution in [2.75, 3.05) is 5.75 Å². The van der Waals surface area contributed by atoms with E-state index >= 15 is 0 Å². The Kier molecular flexibility index (Phi) is 4.89. The highest BCUT2D eigenvalue weighted by molar-refractivity contribution is 7.99. The molecule has 1 amide bonds. The monoisotopic (exact) mass is 419 g/mol. The Hall–Kier alpha value is -2.60. The van der Waals surface area contributed by atoms with Gasteiger partial charge in [-0.05, 0) is 57.7 Å². The summed E-state index contributed by atoms with van der Waals surface area (Å²) in [4.78, 5) is 30.4. The maximum Gasteiger partial charge on any atom is 0.252 e. The summed E-state index contributed by atoms with van der Waals surface area (Å²) < 4.78 is 2.30. The van der Waals surface area contributed by atoms with Crippen molar-refractivity contribution in [1.29, 1.82) is 0 Å². The van der Waals surface area contributed by atoms with Gasteiger partial charge in [0.25, 0.3) is 5.91 Å². The van der Waals surface area contributed by atoms with Crippen LogP contribution < -0.4 is 5.32 Å². The van der Waals surface area contributed by atoms with Crippen LogP contribution in [0, 0.1) is 13.8 Å². The van der Waals surface area contributed by atoms with Crippen molar-refractivity contribution in [1.82, 2.24) is 14.9 Å². The number of hydrogen-bond donors (Lipinski definition) is 1. The average molecular weight is 420 g/mol. The molecule has 0 aliphatic heterocycles. The standard InChI is InChI=1S/C24H25N3O2S/c1-14-11-19(15(2)27(14)17-9-10-17)22(28)13-30-23-12-20(24(29)25-16-7-8-16)18-5-3-4-6-21(18)26-23/h3-6,11-12,16-17H,7-10,13H2,1-2H3,(H,25,29). The van der Waals surface area contributed by atoms with E-state index in [0.29, 0.717) is 28.4 Å². The van der Waals surface area contributed by atoms with Gasteiger partial charge in [0.1, 0.15) is 0 Å². The van der Waals surface area contributed by atoms with Crippen molar-refractivity contribution in [3.63, 3.8) is 0 Å². The third kappa shape index (κ3) is 3.76. The number of nitrogens with zero attached hydrogens (tertiary/aromatic N) is 2. The van der Waals surface area contributed by atoms with E-state index in [-0.39, 0.29) is 11.7 Å². The fraction of sp³-hybridized carbons (Fsp3) is 0.375. The lowest BCUT2D eigenvalue weighted by Gasteiger charge is -2.10. The van der Waals surface area contributed by atoms with Crippen LogP contribution in [0.4, 0.5) is 0 Å². The van der Waals surface area contributed by atoms with Gasteiger partial charge in [-0.3, -0.25) is 9.59 Å². The highest BCUT2D eigenvalue weighted by Gasteiger charge is 2.28. The summed E-state index contributed by atoms with van der Waals surface area (Å²) in [6, 6.07) is 12.4. The number of ketones is 1. The molecule has 0 bridgehead atoms. The molecular weight excluding hydrogens is 394 g/mol. The molecule has 6 heteroatoms. The molecule has 2 aromatic heterocycles. The zero-order chi connectivity index (χ0) is 20.8. The van der Waals surface area contributed by atoms with Crippen molar-refractivity contribution >= 4 is 34.4 Å². The number of nitrogens with one attached hydrogen (secondary N) is 1. The second kappa shape index (κ2) is 7.58. The minimum Gasteiger partial charge on any atom is -0.349 e. The molecule has 5 nitrogen and oxygen atoms in total. The number of fused-ring (bicyclic) bond motifs is 1. The van der Waals surface area contributed by atoms with Gasteiger partial charge in [-0.2, -0.15) is 0 Å². The van der Waals surface area contributed by atoms with Gasteiger partial charge in [0.05, 0.1) is 21.9 Å². The number of thioether (sulfide) groups is 1. The van der Waals surface area contributed by atoms with E-state index in [1.165, 1.54) is 24.6 Å². The molecule has 2 heterocycles. The molecule has 3 aromatic rings. The maximum absolute atomic E-state index is 12.9. The van der Waals surface area contributed by atoms with Crippen molar-refractivity contribution in [3.05, 3.63) is 58.9 Å². The summed E-state index contributed by atoms with van der Waals surface area (Å²) in [6.07, 6.45) is 4.49. The molecule has 30 heavy (non-hydrogen) atoms. The first-order chi connectivity index (χ1) is 14.5. The first-order valence-corrected chi connectivity index (χ1v) is 11.5. The molecule has 0 unspecified atom stereocenters. The largest absolute Gasteiger partial charge is 0.349 e. The average Bonchev–Trinajstić information content (AvgIpc) is 3.66. The van der Waals surface area contributed by atoms with E-state index in [1.54, 1.807) is 0 Å². The first kappa shape index (κ1) is 19.4. The third-order valence-electron chi connectivity index (χ3n) is 5.90. The Labute approximate surface area is 180 Å². The number of rotatable bonds is 7. The summed E-state index contributed by atoms with van der Waals surface area (Å²) >= 11 is 1.40. The topological polar surface area (TPSA) is 64.0 Å². The first-order valence-electron chi connectivity index (χ1n) is 10.6. The number of aromatic nitrogens is 2. The highest BCUT2D eigenvalue weighted by atomic mass is 32.2. The molecule has 2 aliphatic rings. The molecule has 5 rings (SSSR count). The number of pyridine rings is 1. The van der Waals surface area contributed by atoms with Gasteiger partial charge in [0.15, 0.2) is 5.78 Å². The number of hydrogen-bond acceptors (Lipinski definition) is 4. The summed E-state index contributed by atoms with van der Waals surface area (Å²) in [5.41, 5.74) is 4.44. The van der Waals surface area contributed by atoms with Crippen LogP contribution in [0.1, 0.15) is 63.8 Å². The predicted molar refractivity (Wildman–Crippen MR) is 119 cm³/mol. The Bertz CT molecular complexity index is 1160. The number of Topliss-reactive ketones (excluding diaryl/α,β-unsaturated/α-hetero) is 1. The van der Waals surface area contributed by atoms with Crippen LogP contribution in [0.3, 0.4) is 0 Å². The Morgan fingerprint density at radius 3 is 2.60 bits per heavy atom. The summed E-state index contributed by atoms with van der Waals surface area (Å²) in [6.45, 7) is 4.11. The van der Waals surface area contributed by atoms with E-state index in [0.717, 1.165) is 40.7 Å². The molecule has 1 N–H and O–H groups in total. The number of carbonyl (C=O) groups is 2. The molecular formula is C24H25N3O2S.